The van der Waals surface area contributed by atoms with Gasteiger partial charge in [0.15, 0.2) is 0 Å². The number of fused-ring (bicyclic) bond motifs is 3. The van der Waals surface area contributed by atoms with Gasteiger partial charge in [-0.2, -0.15) is 0 Å². The fraction of sp³-hybridized carbons (Fsp3) is 0.533. The van der Waals surface area contributed by atoms with E-state index >= 15 is 0 Å². The van der Waals surface area contributed by atoms with Crippen LogP contribution in [0.5, 0.6) is 0 Å². The minimum Gasteiger partial charge on any atom is -0.458 e. The van der Waals surface area contributed by atoms with Gasteiger partial charge in [0.25, 0.3) is 0 Å². The number of esters is 1. The summed E-state index contributed by atoms with van der Waals surface area (Å²) in [5.41, 5.74) is 3.34. The first-order chi connectivity index (χ1) is 8.09. The van der Waals surface area contributed by atoms with Gasteiger partial charge in [-0.25, -0.2) is 4.79 Å². The van der Waals surface area contributed by atoms with Crippen molar-refractivity contribution in [2.75, 3.05) is 0 Å². The van der Waals surface area contributed by atoms with E-state index < -0.39 is 0 Å². The molecule has 4 atom stereocenters. The second-order valence-corrected chi connectivity index (χ2v) is 5.51. The Morgan fingerprint density at radius 3 is 2.88 bits per heavy atom. The Kier molecular flexibility index (Phi) is 2.29. The third-order valence-corrected chi connectivity index (χ3v) is 4.66. The van der Waals surface area contributed by atoms with Gasteiger partial charge < -0.3 is 4.74 Å². The Balaban J connectivity index is 2.03. The number of allylic oxidation sites excluding steroid dienone is 2. The molecule has 1 heterocycles. The normalized spacial score (nSPS) is 40.5. The molecule has 2 nitrogen and oxygen atoms in total. The highest BCUT2D eigenvalue weighted by molar-refractivity contribution is 5.91. The number of hydrogen-bond donors (Lipinski definition) is 0. The second-order valence-electron chi connectivity index (χ2n) is 5.51. The number of carbonyl (C=O) groups is 1. The molecule has 1 aliphatic heterocycles. The van der Waals surface area contributed by atoms with Crippen LogP contribution in [0, 0.1) is 17.8 Å². The molecule has 0 spiro atoms. The second kappa shape index (κ2) is 3.59. The SMILES string of the molecule is C=C1CC[C@@H]2C(C)=CC[C@@H]3C(=C)C(=O)O[C@@H]3[C@H]12. The first-order valence-corrected chi connectivity index (χ1v) is 6.33. The molecule has 1 saturated carbocycles. The lowest BCUT2D eigenvalue weighted by atomic mass is 9.81. The lowest BCUT2D eigenvalue weighted by Gasteiger charge is -2.26. The van der Waals surface area contributed by atoms with E-state index in [2.05, 4.69) is 26.2 Å². The zero-order valence-electron chi connectivity index (χ0n) is 10.2. The van der Waals surface area contributed by atoms with Gasteiger partial charge >= 0.3 is 5.97 Å². The number of hydrogen-bond acceptors (Lipinski definition) is 2. The lowest BCUT2D eigenvalue weighted by molar-refractivity contribution is -0.141. The van der Waals surface area contributed by atoms with Gasteiger partial charge in [0, 0.05) is 17.4 Å². The van der Waals surface area contributed by atoms with Crippen LogP contribution in [0.1, 0.15) is 26.2 Å². The molecular formula is C15H18O2. The van der Waals surface area contributed by atoms with E-state index in [-0.39, 0.29) is 18.0 Å². The average Bonchev–Trinajstić information content (AvgIpc) is 2.75. The predicted octanol–water partition coefficient (Wildman–Crippen LogP) is 3.02. The molecule has 0 aromatic heterocycles. The highest BCUT2D eigenvalue weighted by Gasteiger charge is 2.49. The van der Waals surface area contributed by atoms with Gasteiger partial charge in [-0.05, 0) is 32.1 Å². The minimum absolute atomic E-state index is 0.0105. The lowest BCUT2D eigenvalue weighted by Crippen LogP contribution is -2.29. The molecule has 0 aromatic carbocycles. The summed E-state index contributed by atoms with van der Waals surface area (Å²) in [5, 5.41) is 0. The minimum atomic E-state index is -0.202. The van der Waals surface area contributed by atoms with Gasteiger partial charge in [-0.15, -0.1) is 0 Å². The molecule has 3 rings (SSSR count). The van der Waals surface area contributed by atoms with Gasteiger partial charge in [0.05, 0.1) is 0 Å². The van der Waals surface area contributed by atoms with Gasteiger partial charge in [-0.3, -0.25) is 0 Å². The molecular weight excluding hydrogens is 212 g/mol. The third kappa shape index (κ3) is 1.43. The van der Waals surface area contributed by atoms with Gasteiger partial charge in [-0.1, -0.05) is 30.4 Å². The average molecular weight is 230 g/mol. The van der Waals surface area contributed by atoms with Crippen LogP contribution in [-0.4, -0.2) is 12.1 Å². The van der Waals surface area contributed by atoms with Crippen LogP contribution < -0.4 is 0 Å². The zero-order valence-corrected chi connectivity index (χ0v) is 10.2. The number of ether oxygens (including phenoxy) is 1. The molecule has 0 bridgehead atoms. The topological polar surface area (TPSA) is 26.3 Å². The maximum atomic E-state index is 11.7. The summed E-state index contributed by atoms with van der Waals surface area (Å²) in [6.07, 6.45) is 5.37. The van der Waals surface area contributed by atoms with Crippen LogP contribution in [0.3, 0.4) is 0 Å². The standard InChI is InChI=1S/C15H18O2/c1-8-4-7-12-10(3)15(16)17-14(12)13-9(2)5-6-11(8)13/h4,11-14H,2-3,5-7H2,1H3/t11-,12-,13-,14+/m1/s1. The molecule has 0 radical (unpaired) electrons. The molecule has 2 heteroatoms. The molecule has 3 aliphatic rings. The van der Waals surface area contributed by atoms with Gasteiger partial charge in [0.1, 0.15) is 6.10 Å². The van der Waals surface area contributed by atoms with E-state index in [1.165, 1.54) is 11.1 Å². The molecule has 17 heavy (non-hydrogen) atoms. The van der Waals surface area contributed by atoms with E-state index in [1.807, 2.05) is 0 Å². The molecule has 0 unspecified atom stereocenters. The Bertz CT molecular complexity index is 444. The van der Waals surface area contributed by atoms with E-state index in [4.69, 9.17) is 4.74 Å². The van der Waals surface area contributed by atoms with Crippen LogP contribution in [0.15, 0.2) is 36.0 Å². The van der Waals surface area contributed by atoms with E-state index in [9.17, 15) is 4.79 Å². The van der Waals surface area contributed by atoms with E-state index in [0.29, 0.717) is 17.4 Å². The van der Waals surface area contributed by atoms with Crippen LogP contribution >= 0.6 is 0 Å². The molecule has 2 fully saturated rings. The van der Waals surface area contributed by atoms with Crippen LogP contribution in [-0.2, 0) is 9.53 Å². The Labute approximate surface area is 102 Å². The summed E-state index contributed by atoms with van der Waals surface area (Å²) in [7, 11) is 0. The monoisotopic (exact) mass is 230 g/mol. The summed E-state index contributed by atoms with van der Waals surface area (Å²) in [4.78, 5) is 11.7. The largest absolute Gasteiger partial charge is 0.458 e. The summed E-state index contributed by atoms with van der Waals surface area (Å²) in [5.74, 6) is 0.812. The first kappa shape index (κ1) is 10.8. The van der Waals surface area contributed by atoms with E-state index in [0.717, 1.165) is 19.3 Å². The highest BCUT2D eigenvalue weighted by atomic mass is 16.6. The first-order valence-electron chi connectivity index (χ1n) is 6.33. The smallest absolute Gasteiger partial charge is 0.334 e. The maximum absolute atomic E-state index is 11.7. The number of rotatable bonds is 0. The van der Waals surface area contributed by atoms with Crippen molar-refractivity contribution in [3.8, 4) is 0 Å². The Hall–Kier alpha value is -1.31. The molecule has 1 saturated heterocycles. The molecule has 2 aliphatic carbocycles. The highest BCUT2D eigenvalue weighted by Crippen LogP contribution is 2.50. The summed E-state index contributed by atoms with van der Waals surface area (Å²) >= 11 is 0. The zero-order chi connectivity index (χ0) is 12.2. The quantitative estimate of drug-likeness (QED) is 0.363. The van der Waals surface area contributed by atoms with Crippen LogP contribution in [0.4, 0.5) is 0 Å². The van der Waals surface area contributed by atoms with Crippen molar-refractivity contribution >= 4 is 5.97 Å². The van der Waals surface area contributed by atoms with Crippen molar-refractivity contribution < 1.29 is 9.53 Å². The predicted molar refractivity (Wildman–Crippen MR) is 66.2 cm³/mol. The van der Waals surface area contributed by atoms with Crippen molar-refractivity contribution in [2.45, 2.75) is 32.3 Å². The van der Waals surface area contributed by atoms with Crippen LogP contribution in [0.25, 0.3) is 0 Å². The summed E-state index contributed by atoms with van der Waals surface area (Å²) < 4.78 is 5.56. The summed E-state index contributed by atoms with van der Waals surface area (Å²) in [6.45, 7) is 10.3. The molecule has 0 N–H and O–H groups in total. The van der Waals surface area contributed by atoms with Crippen LogP contribution in [0.2, 0.25) is 0 Å². The molecule has 0 amide bonds. The third-order valence-electron chi connectivity index (χ3n) is 4.66. The fourth-order valence-corrected chi connectivity index (χ4v) is 3.64. The Morgan fingerprint density at radius 1 is 1.35 bits per heavy atom. The van der Waals surface area contributed by atoms with Gasteiger partial charge in [0.2, 0.25) is 0 Å². The van der Waals surface area contributed by atoms with Crippen molar-refractivity contribution in [3.63, 3.8) is 0 Å². The van der Waals surface area contributed by atoms with Crippen molar-refractivity contribution in [2.24, 2.45) is 17.8 Å². The van der Waals surface area contributed by atoms with Crippen molar-refractivity contribution in [3.05, 3.63) is 36.0 Å². The number of carbonyl (C=O) groups excluding carboxylic acids is 1. The van der Waals surface area contributed by atoms with Crippen molar-refractivity contribution in [1.82, 2.24) is 0 Å². The van der Waals surface area contributed by atoms with E-state index in [1.54, 1.807) is 0 Å². The fourth-order valence-electron chi connectivity index (χ4n) is 3.64. The molecule has 90 valence electrons. The Morgan fingerprint density at radius 2 is 2.12 bits per heavy atom. The molecule has 0 aromatic rings. The van der Waals surface area contributed by atoms with Crippen molar-refractivity contribution in [1.29, 1.82) is 0 Å². The summed E-state index contributed by atoms with van der Waals surface area (Å²) in [6, 6.07) is 0. The maximum Gasteiger partial charge on any atom is 0.334 e.